The number of aromatic nitrogens is 6. The lowest BCUT2D eigenvalue weighted by Gasteiger charge is -2.12. The van der Waals surface area contributed by atoms with Crippen LogP contribution in [0.4, 0.5) is 5.95 Å². The number of nitrogens with zero attached hydrogens (tertiary/aromatic N) is 5. The van der Waals surface area contributed by atoms with Crippen molar-refractivity contribution in [3.63, 3.8) is 0 Å². The van der Waals surface area contributed by atoms with E-state index >= 15 is 0 Å². The summed E-state index contributed by atoms with van der Waals surface area (Å²) < 4.78 is 14.3. The number of amides is 1. The molecule has 0 saturated heterocycles. The van der Waals surface area contributed by atoms with Gasteiger partial charge in [0.15, 0.2) is 5.82 Å². The van der Waals surface area contributed by atoms with E-state index in [2.05, 4.69) is 25.6 Å². The van der Waals surface area contributed by atoms with E-state index in [9.17, 15) is 4.79 Å². The van der Waals surface area contributed by atoms with Crippen LogP contribution in [-0.2, 0) is 7.05 Å². The highest BCUT2D eigenvalue weighted by Crippen LogP contribution is 2.31. The number of carbonyl (C=O) groups excluding carboxylic acids is 1. The predicted octanol–water partition coefficient (Wildman–Crippen LogP) is 2.88. The number of methoxy groups -OCH3 is 2. The van der Waals surface area contributed by atoms with Gasteiger partial charge in [0, 0.05) is 24.5 Å². The summed E-state index contributed by atoms with van der Waals surface area (Å²) in [5.41, 5.74) is 3.11. The summed E-state index contributed by atoms with van der Waals surface area (Å²) in [6.07, 6.45) is 1.53. The van der Waals surface area contributed by atoms with Gasteiger partial charge in [-0.25, -0.2) is 0 Å². The fourth-order valence-electron chi connectivity index (χ4n) is 3.46. The minimum Gasteiger partial charge on any atom is -0.497 e. The number of H-pyrrole nitrogens is 1. The fraction of sp³-hybridized carbons (Fsp3) is 0.238. The van der Waals surface area contributed by atoms with Crippen LogP contribution in [0.25, 0.3) is 17.2 Å². The number of hydrogen-bond donors (Lipinski definition) is 2. The van der Waals surface area contributed by atoms with E-state index in [0.29, 0.717) is 34.3 Å². The van der Waals surface area contributed by atoms with Gasteiger partial charge in [-0.3, -0.25) is 19.9 Å². The smallest absolute Gasteiger partial charge is 0.263 e. The van der Waals surface area contributed by atoms with Gasteiger partial charge >= 0.3 is 0 Å². The van der Waals surface area contributed by atoms with Gasteiger partial charge in [0.1, 0.15) is 22.9 Å². The summed E-state index contributed by atoms with van der Waals surface area (Å²) in [6.45, 7) is 3.96. The summed E-state index contributed by atoms with van der Waals surface area (Å²) in [4.78, 5) is 17.4. The molecular weight excluding hydrogens is 398 g/mol. The van der Waals surface area contributed by atoms with Crippen LogP contribution >= 0.6 is 0 Å². The van der Waals surface area contributed by atoms with Gasteiger partial charge in [-0.05, 0) is 38.1 Å². The number of ether oxygens (including phenoxy) is 2. The molecule has 0 unspecified atom stereocenters. The molecule has 1 aromatic carbocycles. The summed E-state index contributed by atoms with van der Waals surface area (Å²) >= 11 is 0. The van der Waals surface area contributed by atoms with E-state index in [4.69, 9.17) is 9.47 Å². The van der Waals surface area contributed by atoms with Crippen LogP contribution in [0.5, 0.6) is 11.5 Å². The van der Waals surface area contributed by atoms with Crippen LogP contribution in [0.2, 0.25) is 0 Å². The highest BCUT2D eigenvalue weighted by atomic mass is 16.5. The van der Waals surface area contributed by atoms with Gasteiger partial charge in [-0.2, -0.15) is 10.1 Å². The second-order valence-electron chi connectivity index (χ2n) is 6.98. The molecular formula is C21H23N7O3. The van der Waals surface area contributed by atoms with Gasteiger partial charge < -0.3 is 14.0 Å². The maximum Gasteiger partial charge on any atom is 0.263 e. The SMILES string of the molecule is COc1ccc(-c2nc(NC(=O)c3cnn(C)c3-n3c(C)ccc3C)n[nH]2)c(OC)c1. The highest BCUT2D eigenvalue weighted by molar-refractivity contribution is 6.05. The van der Waals surface area contributed by atoms with E-state index in [-0.39, 0.29) is 11.9 Å². The van der Waals surface area contributed by atoms with Gasteiger partial charge in [0.25, 0.3) is 5.91 Å². The number of carbonyl (C=O) groups is 1. The van der Waals surface area contributed by atoms with Crippen molar-refractivity contribution >= 4 is 11.9 Å². The summed E-state index contributed by atoms with van der Waals surface area (Å²) in [7, 11) is 4.94. The predicted molar refractivity (Wildman–Crippen MR) is 115 cm³/mol. The average molecular weight is 421 g/mol. The second-order valence-corrected chi connectivity index (χ2v) is 6.98. The molecule has 0 aliphatic heterocycles. The van der Waals surface area contributed by atoms with Crippen molar-refractivity contribution in [2.24, 2.45) is 7.05 Å². The van der Waals surface area contributed by atoms with Crippen molar-refractivity contribution in [2.45, 2.75) is 13.8 Å². The second kappa shape index (κ2) is 7.98. The lowest BCUT2D eigenvalue weighted by molar-refractivity contribution is 0.102. The van der Waals surface area contributed by atoms with Crippen LogP contribution in [0.1, 0.15) is 21.7 Å². The van der Waals surface area contributed by atoms with Crippen molar-refractivity contribution in [1.29, 1.82) is 0 Å². The maximum absolute atomic E-state index is 13.0. The zero-order chi connectivity index (χ0) is 22.1. The highest BCUT2D eigenvalue weighted by Gasteiger charge is 2.21. The minimum absolute atomic E-state index is 0.147. The number of aromatic amines is 1. The van der Waals surface area contributed by atoms with Crippen LogP contribution in [0.3, 0.4) is 0 Å². The first-order valence-electron chi connectivity index (χ1n) is 9.56. The van der Waals surface area contributed by atoms with Crippen molar-refractivity contribution in [2.75, 3.05) is 19.5 Å². The number of benzene rings is 1. The molecule has 4 aromatic rings. The zero-order valence-electron chi connectivity index (χ0n) is 17.9. The van der Waals surface area contributed by atoms with Crippen molar-refractivity contribution in [1.82, 2.24) is 29.5 Å². The minimum atomic E-state index is -0.358. The van der Waals surface area contributed by atoms with E-state index < -0.39 is 0 Å². The number of nitrogens with one attached hydrogen (secondary N) is 2. The van der Waals surface area contributed by atoms with Gasteiger partial charge in [-0.1, -0.05) is 0 Å². The molecule has 0 fully saturated rings. The van der Waals surface area contributed by atoms with Crippen LogP contribution in [0.15, 0.2) is 36.5 Å². The molecule has 1 amide bonds. The fourth-order valence-corrected chi connectivity index (χ4v) is 3.46. The summed E-state index contributed by atoms with van der Waals surface area (Å²) in [5.74, 6) is 2.15. The third-order valence-electron chi connectivity index (χ3n) is 5.01. The molecule has 0 atom stereocenters. The van der Waals surface area contributed by atoms with Crippen molar-refractivity contribution in [3.05, 3.63) is 53.5 Å². The molecule has 3 heterocycles. The Morgan fingerprint density at radius 3 is 2.52 bits per heavy atom. The Labute approximate surface area is 178 Å². The Kier molecular flexibility index (Phi) is 5.20. The van der Waals surface area contributed by atoms with Gasteiger partial charge in [-0.15, -0.1) is 5.10 Å². The molecule has 10 nitrogen and oxygen atoms in total. The number of aryl methyl sites for hydroxylation is 3. The maximum atomic E-state index is 13.0. The number of hydrogen-bond acceptors (Lipinski definition) is 6. The first kappa shape index (κ1) is 20.2. The summed E-state index contributed by atoms with van der Waals surface area (Å²) in [6, 6.07) is 9.34. The molecule has 31 heavy (non-hydrogen) atoms. The molecule has 4 rings (SSSR count). The molecule has 160 valence electrons. The Morgan fingerprint density at radius 2 is 1.84 bits per heavy atom. The van der Waals surface area contributed by atoms with Gasteiger partial charge in [0.2, 0.25) is 5.95 Å². The number of anilines is 1. The van der Waals surface area contributed by atoms with E-state index in [1.807, 2.05) is 30.5 Å². The lowest BCUT2D eigenvalue weighted by atomic mass is 10.2. The van der Waals surface area contributed by atoms with Crippen molar-refractivity contribution in [3.8, 4) is 28.7 Å². The monoisotopic (exact) mass is 421 g/mol. The average Bonchev–Trinajstić information content (AvgIpc) is 3.46. The molecule has 0 bridgehead atoms. The lowest BCUT2D eigenvalue weighted by Crippen LogP contribution is -2.17. The molecule has 0 radical (unpaired) electrons. The number of rotatable bonds is 6. The molecule has 0 spiro atoms. The first-order chi connectivity index (χ1) is 14.9. The standard InChI is InChI=1S/C21H23N7O3/c1-12-6-7-13(2)28(12)20-16(11-22-27(20)3)19(29)24-21-23-18(25-26-21)15-9-8-14(30-4)10-17(15)31-5/h6-11H,1-5H3,(H2,23,24,25,26,29). The molecule has 2 N–H and O–H groups in total. The quantitative estimate of drug-likeness (QED) is 0.495. The Morgan fingerprint density at radius 1 is 1.10 bits per heavy atom. The normalized spacial score (nSPS) is 10.9. The largest absolute Gasteiger partial charge is 0.497 e. The van der Waals surface area contributed by atoms with Crippen LogP contribution < -0.4 is 14.8 Å². The Hall–Kier alpha value is -4.08. The van der Waals surface area contributed by atoms with Crippen LogP contribution in [0, 0.1) is 13.8 Å². The van der Waals surface area contributed by atoms with Crippen LogP contribution in [-0.4, -0.2) is 49.7 Å². The van der Waals surface area contributed by atoms with E-state index in [1.54, 1.807) is 44.1 Å². The molecule has 0 aliphatic rings. The topological polar surface area (TPSA) is 112 Å². The van der Waals surface area contributed by atoms with E-state index in [0.717, 1.165) is 11.4 Å². The third kappa shape index (κ3) is 3.63. The summed E-state index contributed by atoms with van der Waals surface area (Å²) in [5, 5.41) is 14.0. The molecule has 3 aromatic heterocycles. The van der Waals surface area contributed by atoms with Gasteiger partial charge in [0.05, 0.1) is 26.0 Å². The Bertz CT molecular complexity index is 1230. The Balaban J connectivity index is 1.62. The molecule has 0 saturated carbocycles. The third-order valence-corrected chi connectivity index (χ3v) is 5.01. The first-order valence-corrected chi connectivity index (χ1v) is 9.56. The van der Waals surface area contributed by atoms with Crippen molar-refractivity contribution < 1.29 is 14.3 Å². The molecule has 0 aliphatic carbocycles. The zero-order valence-corrected chi connectivity index (χ0v) is 17.9. The molecule has 10 heteroatoms. The van der Waals surface area contributed by atoms with E-state index in [1.165, 1.54) is 6.20 Å².